The molecular weight excluding hydrogens is 373 g/mol. The number of anilines is 1. The highest BCUT2D eigenvalue weighted by atomic mass is 127. The van der Waals surface area contributed by atoms with Crippen LogP contribution in [0, 0.1) is 0 Å². The topological polar surface area (TPSA) is 54.8 Å². The van der Waals surface area contributed by atoms with E-state index in [9.17, 15) is 0 Å². The Morgan fingerprint density at radius 2 is 2.37 bits per heavy atom. The van der Waals surface area contributed by atoms with Gasteiger partial charge in [0.2, 0.25) is 0 Å². The van der Waals surface area contributed by atoms with E-state index in [1.807, 2.05) is 10.2 Å². The summed E-state index contributed by atoms with van der Waals surface area (Å²) >= 11 is 2.26. The molecule has 0 unspecified atom stereocenters. The molecule has 2 N–H and O–H groups in total. The van der Waals surface area contributed by atoms with Crippen molar-refractivity contribution < 1.29 is 0 Å². The average Bonchev–Trinajstić information content (AvgIpc) is 2.85. The third-order valence-corrected chi connectivity index (χ3v) is 5.24. The SMILES string of the molecule is C[C@H]1CC[C@@H](Nc2ncnc3c2ccn3SI)CN1. The van der Waals surface area contributed by atoms with Gasteiger partial charge in [-0.3, -0.25) is 3.97 Å². The molecule has 19 heavy (non-hydrogen) atoms. The fraction of sp³-hybridized carbons (Fsp3) is 0.500. The molecule has 1 aliphatic rings. The number of aromatic nitrogens is 3. The predicted molar refractivity (Wildman–Crippen MR) is 88.6 cm³/mol. The number of nitrogens with one attached hydrogen (secondary N) is 2. The fourth-order valence-corrected chi connectivity index (χ4v) is 3.69. The van der Waals surface area contributed by atoms with Crippen LogP contribution < -0.4 is 10.6 Å². The first-order valence-corrected chi connectivity index (χ1v) is 9.70. The van der Waals surface area contributed by atoms with E-state index in [0.29, 0.717) is 12.1 Å². The zero-order valence-electron chi connectivity index (χ0n) is 10.6. The number of fused-ring (bicyclic) bond motifs is 1. The lowest BCUT2D eigenvalue weighted by molar-refractivity contribution is 0.398. The molecule has 1 saturated heterocycles. The highest BCUT2D eigenvalue weighted by Crippen LogP contribution is 2.27. The van der Waals surface area contributed by atoms with Crippen LogP contribution in [0.5, 0.6) is 0 Å². The molecule has 2 aromatic rings. The Balaban J connectivity index is 1.83. The van der Waals surface area contributed by atoms with Gasteiger partial charge in [-0.1, -0.05) is 0 Å². The minimum absolute atomic E-state index is 0.449. The molecule has 0 saturated carbocycles. The second-order valence-corrected chi connectivity index (χ2v) is 6.61. The van der Waals surface area contributed by atoms with Crippen LogP contribution in [0.4, 0.5) is 5.82 Å². The Labute approximate surface area is 128 Å². The van der Waals surface area contributed by atoms with Gasteiger partial charge in [-0.25, -0.2) is 9.97 Å². The van der Waals surface area contributed by atoms with Crippen molar-refractivity contribution in [1.82, 2.24) is 19.3 Å². The summed E-state index contributed by atoms with van der Waals surface area (Å²) in [4.78, 5) is 8.74. The minimum atomic E-state index is 0.449. The van der Waals surface area contributed by atoms with E-state index < -0.39 is 0 Å². The highest BCUT2D eigenvalue weighted by Gasteiger charge is 2.19. The van der Waals surface area contributed by atoms with Gasteiger partial charge in [-0.2, -0.15) is 0 Å². The molecule has 102 valence electrons. The van der Waals surface area contributed by atoms with Gasteiger partial charge < -0.3 is 10.6 Å². The lowest BCUT2D eigenvalue weighted by Crippen LogP contribution is -2.43. The standard InChI is InChI=1S/C12H16IN5S/c1-8-2-3-9(6-14-8)17-11-10-4-5-18(19-13)12(10)16-7-15-11/h4-5,7-9,14H,2-3,6H2,1H3,(H,15,16,17)/t8-,9+/m0/s1. The summed E-state index contributed by atoms with van der Waals surface area (Å²) in [5.74, 6) is 0.940. The lowest BCUT2D eigenvalue weighted by Gasteiger charge is -2.28. The number of rotatable bonds is 3. The molecule has 2 aromatic heterocycles. The Hall–Kier alpha value is -0.540. The second-order valence-electron chi connectivity index (χ2n) is 4.90. The monoisotopic (exact) mass is 389 g/mol. The summed E-state index contributed by atoms with van der Waals surface area (Å²) in [6.07, 6.45) is 6.05. The lowest BCUT2D eigenvalue weighted by atomic mass is 10.0. The van der Waals surface area contributed by atoms with Gasteiger partial charge in [0.1, 0.15) is 12.1 Å². The average molecular weight is 389 g/mol. The number of nitrogens with zero attached hydrogens (tertiary/aromatic N) is 3. The summed E-state index contributed by atoms with van der Waals surface area (Å²) in [5.41, 5.74) is 0.967. The number of hydrogen-bond acceptors (Lipinski definition) is 5. The maximum absolute atomic E-state index is 4.39. The maximum atomic E-state index is 4.39. The highest BCUT2D eigenvalue weighted by molar-refractivity contribution is 14.2. The first kappa shape index (κ1) is 13.4. The Morgan fingerprint density at radius 3 is 3.11 bits per heavy atom. The molecule has 1 fully saturated rings. The molecule has 5 nitrogen and oxygen atoms in total. The molecule has 0 radical (unpaired) electrons. The largest absolute Gasteiger partial charge is 0.365 e. The van der Waals surface area contributed by atoms with Crippen LogP contribution in [0.15, 0.2) is 18.6 Å². The summed E-state index contributed by atoms with van der Waals surface area (Å²) < 4.78 is 2.05. The van der Waals surface area contributed by atoms with Crippen LogP contribution in [-0.2, 0) is 0 Å². The third-order valence-electron chi connectivity index (χ3n) is 3.52. The molecular formula is C12H16IN5S. The summed E-state index contributed by atoms with van der Waals surface area (Å²) in [7, 11) is 1.62. The van der Waals surface area contributed by atoms with Gasteiger partial charge in [0.25, 0.3) is 0 Å². The van der Waals surface area contributed by atoms with E-state index in [-0.39, 0.29) is 0 Å². The van der Waals surface area contributed by atoms with E-state index in [2.05, 4.69) is 54.8 Å². The van der Waals surface area contributed by atoms with Crippen molar-refractivity contribution in [3.63, 3.8) is 0 Å². The van der Waals surface area contributed by atoms with Crippen molar-refractivity contribution in [2.75, 3.05) is 11.9 Å². The van der Waals surface area contributed by atoms with E-state index in [1.54, 1.807) is 15.4 Å². The van der Waals surface area contributed by atoms with E-state index in [0.717, 1.165) is 23.4 Å². The Bertz CT molecular complexity index is 564. The van der Waals surface area contributed by atoms with Crippen molar-refractivity contribution in [3.05, 3.63) is 18.6 Å². The normalized spacial score (nSPS) is 23.7. The van der Waals surface area contributed by atoms with Gasteiger partial charge in [0.15, 0.2) is 5.65 Å². The molecule has 7 heteroatoms. The molecule has 0 aliphatic carbocycles. The van der Waals surface area contributed by atoms with Crippen molar-refractivity contribution >= 4 is 47.2 Å². The molecule has 3 rings (SSSR count). The number of hydrogen-bond donors (Lipinski definition) is 2. The molecule has 0 bridgehead atoms. The molecule has 0 amide bonds. The van der Waals surface area contributed by atoms with Crippen LogP contribution in [0.1, 0.15) is 19.8 Å². The zero-order valence-corrected chi connectivity index (χ0v) is 13.6. The fourth-order valence-electron chi connectivity index (χ4n) is 2.41. The first-order chi connectivity index (χ1) is 9.28. The van der Waals surface area contributed by atoms with Crippen LogP contribution in [0.3, 0.4) is 0 Å². The van der Waals surface area contributed by atoms with Crippen molar-refractivity contribution in [2.24, 2.45) is 0 Å². The van der Waals surface area contributed by atoms with Gasteiger partial charge in [-0.15, -0.1) is 0 Å². The van der Waals surface area contributed by atoms with E-state index in [1.165, 1.54) is 12.8 Å². The summed E-state index contributed by atoms with van der Waals surface area (Å²) in [6, 6.07) is 3.15. The van der Waals surface area contributed by atoms with Crippen LogP contribution in [0.2, 0.25) is 0 Å². The van der Waals surface area contributed by atoms with Crippen molar-refractivity contribution in [3.8, 4) is 0 Å². The Kier molecular flexibility index (Phi) is 4.13. The quantitative estimate of drug-likeness (QED) is 0.791. The molecule has 0 spiro atoms. The van der Waals surface area contributed by atoms with Crippen LogP contribution >= 0.6 is 30.3 Å². The van der Waals surface area contributed by atoms with Crippen LogP contribution in [0.25, 0.3) is 11.0 Å². The smallest absolute Gasteiger partial charge is 0.156 e. The number of halogens is 1. The van der Waals surface area contributed by atoms with Crippen molar-refractivity contribution in [2.45, 2.75) is 31.8 Å². The van der Waals surface area contributed by atoms with Gasteiger partial charge >= 0.3 is 0 Å². The van der Waals surface area contributed by atoms with Gasteiger partial charge in [0.05, 0.1) is 5.39 Å². The van der Waals surface area contributed by atoms with Crippen molar-refractivity contribution in [1.29, 1.82) is 0 Å². The molecule has 3 heterocycles. The maximum Gasteiger partial charge on any atom is 0.156 e. The van der Waals surface area contributed by atoms with Gasteiger partial charge in [-0.05, 0) is 25.8 Å². The molecule has 1 aliphatic heterocycles. The van der Waals surface area contributed by atoms with Crippen LogP contribution in [-0.4, -0.2) is 32.6 Å². The van der Waals surface area contributed by atoms with E-state index in [4.69, 9.17) is 0 Å². The minimum Gasteiger partial charge on any atom is -0.365 e. The summed E-state index contributed by atoms with van der Waals surface area (Å²) in [5, 5.41) is 8.13. The molecule has 2 atom stereocenters. The second kappa shape index (κ2) is 5.84. The Morgan fingerprint density at radius 1 is 1.47 bits per heavy atom. The van der Waals surface area contributed by atoms with Gasteiger partial charge in [0, 0.05) is 55.2 Å². The number of piperidine rings is 1. The third kappa shape index (κ3) is 2.82. The molecule has 0 aromatic carbocycles. The zero-order chi connectivity index (χ0) is 13.2. The first-order valence-electron chi connectivity index (χ1n) is 6.39. The predicted octanol–water partition coefficient (Wildman–Crippen LogP) is 2.83. The summed E-state index contributed by atoms with van der Waals surface area (Å²) in [6.45, 7) is 3.23. The van der Waals surface area contributed by atoms with E-state index >= 15 is 0 Å².